The largest absolute Gasteiger partial charge is 0.330 e. The lowest BCUT2D eigenvalue weighted by atomic mass is 10.2. The number of aromatic nitrogens is 2. The monoisotopic (exact) mass is 292 g/mol. The first-order valence-electron chi connectivity index (χ1n) is 5.73. The smallest absolute Gasteiger partial charge is 0.182 e. The summed E-state index contributed by atoms with van der Waals surface area (Å²) >= 11 is 11.6. The highest BCUT2D eigenvalue weighted by Gasteiger charge is 2.10. The number of fused-ring (bicyclic) bond motifs is 1. The van der Waals surface area contributed by atoms with Gasteiger partial charge in [-0.15, -0.1) is 0 Å². The van der Waals surface area contributed by atoms with E-state index in [2.05, 4.69) is 4.98 Å². The minimum atomic E-state index is -0.307. The second-order valence-corrected chi connectivity index (χ2v) is 5.18. The summed E-state index contributed by atoms with van der Waals surface area (Å²) in [6.07, 6.45) is 0. The summed E-state index contributed by atoms with van der Waals surface area (Å²) in [7, 11) is 0. The Balaban J connectivity index is 2.38. The summed E-state index contributed by atoms with van der Waals surface area (Å²) in [5, 5.41) is 0.585. The van der Waals surface area contributed by atoms with Gasteiger partial charge in [-0.3, -0.25) is 4.57 Å². The highest BCUT2D eigenvalue weighted by molar-refractivity contribution is 7.71. The second kappa shape index (κ2) is 4.47. The Hall–Kier alpha value is -1.65. The van der Waals surface area contributed by atoms with E-state index in [1.54, 1.807) is 10.6 Å². The number of aryl methyl sites for hydroxylation is 1. The van der Waals surface area contributed by atoms with Gasteiger partial charge in [-0.1, -0.05) is 17.7 Å². The van der Waals surface area contributed by atoms with E-state index >= 15 is 0 Å². The van der Waals surface area contributed by atoms with Gasteiger partial charge in [0.2, 0.25) is 0 Å². The van der Waals surface area contributed by atoms with E-state index in [1.807, 2.05) is 25.1 Å². The zero-order valence-corrected chi connectivity index (χ0v) is 11.6. The van der Waals surface area contributed by atoms with Crippen molar-refractivity contribution in [3.05, 3.63) is 57.6 Å². The molecule has 0 aliphatic carbocycles. The van der Waals surface area contributed by atoms with Crippen molar-refractivity contribution in [3.8, 4) is 5.69 Å². The maximum atomic E-state index is 13.4. The number of hydrogen-bond donors (Lipinski definition) is 1. The summed E-state index contributed by atoms with van der Waals surface area (Å²) in [5.41, 5.74) is 3.26. The van der Waals surface area contributed by atoms with Crippen molar-refractivity contribution in [2.45, 2.75) is 6.92 Å². The van der Waals surface area contributed by atoms with Gasteiger partial charge < -0.3 is 4.98 Å². The van der Waals surface area contributed by atoms with Crippen LogP contribution in [0.3, 0.4) is 0 Å². The van der Waals surface area contributed by atoms with Gasteiger partial charge in [0.25, 0.3) is 0 Å². The lowest BCUT2D eigenvalue weighted by Crippen LogP contribution is -1.95. The van der Waals surface area contributed by atoms with Crippen LogP contribution in [0.4, 0.5) is 4.39 Å². The van der Waals surface area contributed by atoms with Crippen molar-refractivity contribution < 1.29 is 4.39 Å². The molecule has 0 unspecified atom stereocenters. The minimum Gasteiger partial charge on any atom is -0.330 e. The van der Waals surface area contributed by atoms with Crippen molar-refractivity contribution in [2.24, 2.45) is 0 Å². The van der Waals surface area contributed by atoms with Crippen molar-refractivity contribution in [1.29, 1.82) is 0 Å². The van der Waals surface area contributed by atoms with E-state index in [-0.39, 0.29) is 5.82 Å². The predicted octanol–water partition coefficient (Wildman–Crippen LogP) is 4.79. The minimum absolute atomic E-state index is 0.307. The topological polar surface area (TPSA) is 20.7 Å². The van der Waals surface area contributed by atoms with Gasteiger partial charge in [0.1, 0.15) is 5.82 Å². The van der Waals surface area contributed by atoms with Crippen LogP contribution >= 0.6 is 23.8 Å². The molecule has 0 spiro atoms. The number of imidazole rings is 1. The molecule has 0 saturated carbocycles. The molecule has 5 heteroatoms. The Labute approximate surface area is 119 Å². The normalized spacial score (nSPS) is 11.1. The summed E-state index contributed by atoms with van der Waals surface area (Å²) in [6.45, 7) is 1.96. The quantitative estimate of drug-likeness (QED) is 0.640. The average molecular weight is 293 g/mol. The standard InChI is InChI=1S/C14H10ClFN2S/c1-8-2-5-12(10(15)6-8)18-13-7-9(16)3-4-11(13)17-14(18)19/h2-7H,1H3,(H,17,19). The lowest BCUT2D eigenvalue weighted by molar-refractivity contribution is 0.629. The molecule has 0 bridgehead atoms. The van der Waals surface area contributed by atoms with E-state index in [4.69, 9.17) is 23.8 Å². The number of H-pyrrole nitrogens is 1. The van der Waals surface area contributed by atoms with Gasteiger partial charge in [0, 0.05) is 6.07 Å². The fourth-order valence-corrected chi connectivity index (χ4v) is 2.73. The van der Waals surface area contributed by atoms with Crippen LogP contribution < -0.4 is 0 Å². The van der Waals surface area contributed by atoms with Gasteiger partial charge in [-0.05, 0) is 49.0 Å². The predicted molar refractivity (Wildman–Crippen MR) is 78.2 cm³/mol. The molecule has 96 valence electrons. The molecule has 1 heterocycles. The highest BCUT2D eigenvalue weighted by atomic mass is 35.5. The van der Waals surface area contributed by atoms with E-state index in [0.717, 1.165) is 16.8 Å². The molecule has 0 saturated heterocycles. The zero-order valence-electron chi connectivity index (χ0n) is 10.1. The molecule has 1 aromatic heterocycles. The molecular formula is C14H10ClFN2S. The van der Waals surface area contributed by atoms with E-state index in [9.17, 15) is 4.39 Å². The maximum absolute atomic E-state index is 13.4. The molecule has 0 fully saturated rings. The molecule has 3 aromatic rings. The third-order valence-electron chi connectivity index (χ3n) is 2.99. The third kappa shape index (κ3) is 2.07. The summed E-state index contributed by atoms with van der Waals surface area (Å²) in [5.74, 6) is -0.307. The number of nitrogens with zero attached hydrogens (tertiary/aromatic N) is 1. The molecule has 0 aliphatic rings. The SMILES string of the molecule is Cc1ccc(-n2c(=S)[nH]c3ccc(F)cc32)c(Cl)c1. The number of rotatable bonds is 1. The van der Waals surface area contributed by atoms with Gasteiger partial charge in [-0.25, -0.2) is 4.39 Å². The van der Waals surface area contributed by atoms with Gasteiger partial charge in [0.05, 0.1) is 21.7 Å². The third-order valence-corrected chi connectivity index (χ3v) is 3.58. The van der Waals surface area contributed by atoms with Gasteiger partial charge >= 0.3 is 0 Å². The Morgan fingerprint density at radius 1 is 1.21 bits per heavy atom. The summed E-state index contributed by atoms with van der Waals surface area (Å²) in [4.78, 5) is 3.05. The Morgan fingerprint density at radius 3 is 2.74 bits per heavy atom. The Kier molecular flexibility index (Phi) is 2.92. The average Bonchev–Trinajstić information content (AvgIpc) is 2.65. The van der Waals surface area contributed by atoms with Crippen molar-refractivity contribution >= 4 is 34.9 Å². The number of hydrogen-bond acceptors (Lipinski definition) is 1. The zero-order chi connectivity index (χ0) is 13.6. The molecule has 2 aromatic carbocycles. The van der Waals surface area contributed by atoms with Crippen LogP contribution in [0.25, 0.3) is 16.7 Å². The molecule has 0 amide bonds. The van der Waals surface area contributed by atoms with Crippen LogP contribution in [-0.2, 0) is 0 Å². The molecule has 0 radical (unpaired) electrons. The summed E-state index contributed by atoms with van der Waals surface area (Å²) in [6, 6.07) is 10.2. The first kappa shape index (κ1) is 12.4. The van der Waals surface area contributed by atoms with Crippen molar-refractivity contribution in [2.75, 3.05) is 0 Å². The molecule has 3 rings (SSSR count). The fourth-order valence-electron chi connectivity index (χ4n) is 2.11. The Morgan fingerprint density at radius 2 is 2.00 bits per heavy atom. The van der Waals surface area contributed by atoms with Gasteiger partial charge in [0.15, 0.2) is 4.77 Å². The second-order valence-electron chi connectivity index (χ2n) is 4.38. The molecule has 19 heavy (non-hydrogen) atoms. The Bertz CT molecular complexity index is 835. The van der Waals surface area contributed by atoms with Crippen LogP contribution in [0.5, 0.6) is 0 Å². The number of nitrogens with one attached hydrogen (secondary N) is 1. The molecular weight excluding hydrogens is 283 g/mol. The van der Waals surface area contributed by atoms with Crippen molar-refractivity contribution in [3.63, 3.8) is 0 Å². The fraction of sp³-hybridized carbons (Fsp3) is 0.0714. The first-order valence-corrected chi connectivity index (χ1v) is 6.52. The highest BCUT2D eigenvalue weighted by Crippen LogP contribution is 2.26. The van der Waals surface area contributed by atoms with E-state index < -0.39 is 0 Å². The lowest BCUT2D eigenvalue weighted by Gasteiger charge is -2.07. The van der Waals surface area contributed by atoms with Crippen LogP contribution in [-0.4, -0.2) is 9.55 Å². The number of benzene rings is 2. The first-order chi connectivity index (χ1) is 9.06. The molecule has 1 N–H and O–H groups in total. The molecule has 0 aliphatic heterocycles. The van der Waals surface area contributed by atoms with Crippen LogP contribution in [0.15, 0.2) is 36.4 Å². The number of aromatic amines is 1. The molecule has 2 nitrogen and oxygen atoms in total. The van der Waals surface area contributed by atoms with E-state index in [1.165, 1.54) is 12.1 Å². The van der Waals surface area contributed by atoms with Crippen molar-refractivity contribution in [1.82, 2.24) is 9.55 Å². The van der Waals surface area contributed by atoms with Gasteiger partial charge in [-0.2, -0.15) is 0 Å². The van der Waals surface area contributed by atoms with Crippen LogP contribution in [0.2, 0.25) is 5.02 Å². The van der Waals surface area contributed by atoms with Crippen LogP contribution in [0, 0.1) is 17.5 Å². The molecule has 0 atom stereocenters. The summed E-state index contributed by atoms with van der Waals surface area (Å²) < 4.78 is 15.6. The van der Waals surface area contributed by atoms with E-state index in [0.29, 0.717) is 15.3 Å². The van der Waals surface area contributed by atoms with Crippen LogP contribution in [0.1, 0.15) is 5.56 Å². The maximum Gasteiger partial charge on any atom is 0.182 e. The number of halogens is 2.